The number of hydrazine groups is 1. The summed E-state index contributed by atoms with van der Waals surface area (Å²) in [4.78, 5) is 64.0. The number of phenolic OH excluding ortho intramolecular Hbond substituents is 1. The summed E-state index contributed by atoms with van der Waals surface area (Å²) in [6.07, 6.45) is -0.662. The maximum absolute atomic E-state index is 15.4. The van der Waals surface area contributed by atoms with Crippen molar-refractivity contribution in [2.24, 2.45) is 23.7 Å². The predicted molar refractivity (Wildman–Crippen MR) is 208 cm³/mol. The number of carbonyl (C=O) groups excluding carboxylic acids is 4. The third-order valence-electron chi connectivity index (χ3n) is 11.5. The molecule has 0 spiro atoms. The third kappa shape index (κ3) is 5.94. The summed E-state index contributed by atoms with van der Waals surface area (Å²) in [5.74, 6) is -7.64. The molecule has 6 atom stereocenters. The number of allylic oxidation sites excluding steroid dienone is 2. The van der Waals surface area contributed by atoms with E-state index < -0.39 is 75.4 Å². The molecule has 2 aliphatic carbocycles. The zero-order chi connectivity index (χ0) is 40.7. The standard InChI is InChI=1S/C41H30BrCl2F3N4O6/c1-3-19-4-10-24(11-5-19)50-36(53)26-13-12-25-27(32(26)38(50)55)17-28-37(54)51(49-35-30(44)16-22(18-48-35)41(45,46)47)39(56)40(28,21-6-8-23(43)9-7-21)33(25)20-14-29(42)34(52)31(15-20)57-2/h3-12,14-16,18,26-28,32-33,52H,1,13,17H2,2H3,(H,48,49)/t26-,27+,28-,32-,33-,40+/m0/s1. The number of benzene rings is 3. The van der Waals surface area contributed by atoms with E-state index in [1.54, 1.807) is 66.7 Å². The van der Waals surface area contributed by atoms with Crippen molar-refractivity contribution in [3.8, 4) is 11.5 Å². The largest absolute Gasteiger partial charge is 0.503 e. The summed E-state index contributed by atoms with van der Waals surface area (Å²) in [5.41, 5.74) is 2.28. The van der Waals surface area contributed by atoms with Crippen molar-refractivity contribution in [3.05, 3.63) is 128 Å². The Labute approximate surface area is 342 Å². The van der Waals surface area contributed by atoms with E-state index in [9.17, 15) is 32.7 Å². The van der Waals surface area contributed by atoms with Gasteiger partial charge in [0.15, 0.2) is 17.3 Å². The Morgan fingerprint density at radius 1 is 1.00 bits per heavy atom. The fourth-order valence-corrected chi connectivity index (χ4v) is 9.88. The zero-order valence-electron chi connectivity index (χ0n) is 29.7. The minimum absolute atomic E-state index is 0.0485. The maximum Gasteiger partial charge on any atom is 0.417 e. The van der Waals surface area contributed by atoms with Gasteiger partial charge in [0.2, 0.25) is 11.8 Å². The van der Waals surface area contributed by atoms with Gasteiger partial charge in [0.1, 0.15) is 0 Å². The second-order valence-electron chi connectivity index (χ2n) is 14.3. The Balaban J connectivity index is 1.32. The molecule has 2 N–H and O–H groups in total. The summed E-state index contributed by atoms with van der Waals surface area (Å²) in [6, 6.07) is 17.0. The van der Waals surface area contributed by atoms with E-state index in [4.69, 9.17) is 27.9 Å². The molecule has 3 aromatic carbocycles. The van der Waals surface area contributed by atoms with E-state index in [0.29, 0.717) is 44.7 Å². The van der Waals surface area contributed by atoms with Gasteiger partial charge >= 0.3 is 6.18 Å². The highest BCUT2D eigenvalue weighted by molar-refractivity contribution is 9.10. The molecule has 4 aliphatic rings. The van der Waals surface area contributed by atoms with Crippen LogP contribution in [0.1, 0.15) is 41.0 Å². The summed E-state index contributed by atoms with van der Waals surface area (Å²) in [7, 11) is 1.35. The van der Waals surface area contributed by atoms with Crippen molar-refractivity contribution < 1.29 is 42.2 Å². The topological polar surface area (TPSA) is 129 Å². The van der Waals surface area contributed by atoms with Crippen LogP contribution >= 0.6 is 39.1 Å². The van der Waals surface area contributed by atoms with E-state index in [-0.39, 0.29) is 34.6 Å². The van der Waals surface area contributed by atoms with Gasteiger partial charge in [-0.3, -0.25) is 29.5 Å². The number of aromatic nitrogens is 1. The molecule has 0 radical (unpaired) electrons. The van der Waals surface area contributed by atoms with Gasteiger partial charge in [-0.25, -0.2) is 4.98 Å². The van der Waals surface area contributed by atoms with Crippen molar-refractivity contribution >= 4 is 80.3 Å². The van der Waals surface area contributed by atoms with Crippen LogP contribution in [0.15, 0.2) is 95.6 Å². The molecule has 4 aromatic rings. The Bertz CT molecular complexity index is 2430. The van der Waals surface area contributed by atoms with Gasteiger partial charge in [0.05, 0.1) is 51.0 Å². The molecule has 8 rings (SSSR count). The van der Waals surface area contributed by atoms with Crippen LogP contribution < -0.4 is 15.1 Å². The maximum atomic E-state index is 15.4. The summed E-state index contributed by atoms with van der Waals surface area (Å²) in [5, 5.41) is 11.4. The lowest BCUT2D eigenvalue weighted by molar-refractivity contribution is -0.139. The molecule has 0 unspecified atom stereocenters. The molecule has 3 heterocycles. The molecule has 16 heteroatoms. The minimum Gasteiger partial charge on any atom is -0.503 e. The monoisotopic (exact) mass is 880 g/mol. The van der Waals surface area contributed by atoms with Crippen LogP contribution in [0.4, 0.5) is 24.7 Å². The van der Waals surface area contributed by atoms with Crippen LogP contribution in [0.25, 0.3) is 6.08 Å². The molecule has 4 amide bonds. The molecule has 0 bridgehead atoms. The number of nitrogens with zero attached hydrogens (tertiary/aromatic N) is 3. The number of alkyl halides is 3. The zero-order valence-corrected chi connectivity index (χ0v) is 32.8. The van der Waals surface area contributed by atoms with Gasteiger partial charge in [-0.1, -0.05) is 71.8 Å². The van der Waals surface area contributed by atoms with Gasteiger partial charge in [-0.15, -0.1) is 0 Å². The minimum atomic E-state index is -4.76. The molecule has 2 saturated heterocycles. The molecular formula is C41H30BrCl2F3N4O6. The first-order valence-electron chi connectivity index (χ1n) is 17.6. The number of anilines is 2. The lowest BCUT2D eigenvalue weighted by Crippen LogP contribution is -2.53. The lowest BCUT2D eigenvalue weighted by atomic mass is 9.49. The number of ether oxygens (including phenoxy) is 1. The van der Waals surface area contributed by atoms with E-state index in [0.717, 1.165) is 5.56 Å². The van der Waals surface area contributed by atoms with Crippen LogP contribution in [0, 0.1) is 23.7 Å². The van der Waals surface area contributed by atoms with Gasteiger partial charge < -0.3 is 9.84 Å². The molecular weight excluding hydrogens is 852 g/mol. The Hall–Kier alpha value is -5.18. The van der Waals surface area contributed by atoms with E-state index >= 15 is 4.79 Å². The Morgan fingerprint density at radius 3 is 2.33 bits per heavy atom. The highest BCUT2D eigenvalue weighted by atomic mass is 79.9. The number of methoxy groups -OCH3 is 1. The molecule has 3 fully saturated rings. The average molecular weight is 883 g/mol. The summed E-state index contributed by atoms with van der Waals surface area (Å²) < 4.78 is 46.3. The van der Waals surface area contributed by atoms with E-state index in [1.165, 1.54) is 12.0 Å². The number of imide groups is 2. The second-order valence-corrected chi connectivity index (χ2v) is 16.0. The summed E-state index contributed by atoms with van der Waals surface area (Å²) >= 11 is 16.0. The average Bonchev–Trinajstić information content (AvgIpc) is 3.57. The number of nitrogens with one attached hydrogen (secondary N) is 1. The highest BCUT2D eigenvalue weighted by Crippen LogP contribution is 2.65. The number of amides is 4. The number of hydrogen-bond donors (Lipinski definition) is 2. The number of pyridine rings is 1. The fraction of sp³-hybridized carbons (Fsp3) is 0.244. The van der Waals surface area contributed by atoms with Crippen LogP contribution in [-0.4, -0.2) is 45.8 Å². The van der Waals surface area contributed by atoms with Crippen molar-refractivity contribution in [1.82, 2.24) is 9.99 Å². The fourth-order valence-electron chi connectivity index (χ4n) is 9.09. The van der Waals surface area contributed by atoms with Crippen LogP contribution in [0.5, 0.6) is 11.5 Å². The Kier molecular flexibility index (Phi) is 9.52. The Morgan fingerprint density at radius 2 is 1.70 bits per heavy atom. The molecule has 2 aliphatic heterocycles. The number of phenols is 1. The van der Waals surface area contributed by atoms with E-state index in [1.807, 2.05) is 6.08 Å². The lowest BCUT2D eigenvalue weighted by Gasteiger charge is -2.50. The number of rotatable bonds is 7. The highest BCUT2D eigenvalue weighted by Gasteiger charge is 2.70. The first-order chi connectivity index (χ1) is 27.1. The molecule has 292 valence electrons. The molecule has 10 nitrogen and oxygen atoms in total. The van der Waals surface area contributed by atoms with E-state index in [2.05, 4.69) is 32.9 Å². The van der Waals surface area contributed by atoms with Gasteiger partial charge in [-0.05, 0) is 93.8 Å². The van der Waals surface area contributed by atoms with Crippen LogP contribution in [0.2, 0.25) is 10.0 Å². The normalized spacial score (nSPS) is 25.5. The quantitative estimate of drug-likeness (QED) is 0.139. The molecule has 1 saturated carbocycles. The number of aromatic hydroxyl groups is 1. The van der Waals surface area contributed by atoms with Crippen LogP contribution in [-0.2, 0) is 30.8 Å². The SMILES string of the molecule is C=Cc1ccc(N2C(=O)[C@H]3[C@H](CC=C4[C@H]3C[C@H]3C(=O)N(Nc5ncc(C(F)(F)F)cc5Cl)C(=O)[C@@]3(c3ccc(Cl)cc3)[C@H]4c3cc(Br)c(O)c(OC)c3)C2=O)cc1. The first kappa shape index (κ1) is 38.7. The van der Waals surface area contributed by atoms with Crippen LogP contribution in [0.3, 0.4) is 0 Å². The third-order valence-corrected chi connectivity index (χ3v) is 12.7. The number of halogens is 6. The summed E-state index contributed by atoms with van der Waals surface area (Å²) in [6.45, 7) is 3.76. The second kappa shape index (κ2) is 14.0. The van der Waals surface area contributed by atoms with Gasteiger partial charge in [0, 0.05) is 17.1 Å². The number of fused-ring (bicyclic) bond motifs is 4. The molecule has 57 heavy (non-hydrogen) atoms. The van der Waals surface area contributed by atoms with Crippen molar-refractivity contribution in [2.45, 2.75) is 30.4 Å². The number of carbonyl (C=O) groups is 4. The number of hydrogen-bond acceptors (Lipinski definition) is 8. The van der Waals surface area contributed by atoms with Gasteiger partial charge in [-0.2, -0.15) is 18.2 Å². The van der Waals surface area contributed by atoms with Crippen molar-refractivity contribution in [1.29, 1.82) is 0 Å². The first-order valence-corrected chi connectivity index (χ1v) is 19.2. The predicted octanol–water partition coefficient (Wildman–Crippen LogP) is 8.72. The molecule has 1 aromatic heterocycles. The van der Waals surface area contributed by atoms with Crippen molar-refractivity contribution in [2.75, 3.05) is 17.4 Å². The van der Waals surface area contributed by atoms with Gasteiger partial charge in [0.25, 0.3) is 11.8 Å². The smallest absolute Gasteiger partial charge is 0.417 e. The van der Waals surface area contributed by atoms with Crippen molar-refractivity contribution in [3.63, 3.8) is 0 Å².